The van der Waals surface area contributed by atoms with Gasteiger partial charge < -0.3 is 20.7 Å². The van der Waals surface area contributed by atoms with Crippen molar-refractivity contribution in [2.24, 2.45) is 28.4 Å². The number of carbonyl (C=O) groups excluding carboxylic acids is 1. The van der Waals surface area contributed by atoms with E-state index in [1.807, 2.05) is 0 Å². The van der Waals surface area contributed by atoms with E-state index in [1.165, 1.54) is 11.8 Å². The Kier molecular flexibility index (Phi) is 8.45. The first kappa shape index (κ1) is 28.1. The van der Waals surface area contributed by atoms with Gasteiger partial charge in [0, 0.05) is 22.0 Å². The average molecular weight is 534 g/mol. The first-order valence-electron chi connectivity index (χ1n) is 11.6. The summed E-state index contributed by atoms with van der Waals surface area (Å²) in [6.45, 7) is 8.03. The van der Waals surface area contributed by atoms with Gasteiger partial charge in [0.1, 0.15) is 12.6 Å². The van der Waals surface area contributed by atoms with E-state index in [2.05, 4.69) is 13.5 Å². The van der Waals surface area contributed by atoms with Crippen molar-refractivity contribution in [3.05, 3.63) is 23.8 Å². The van der Waals surface area contributed by atoms with Crippen LogP contribution in [0.3, 0.4) is 0 Å². The van der Waals surface area contributed by atoms with E-state index in [4.69, 9.17) is 14.7 Å². The zero-order chi connectivity index (χ0) is 26.2. The fourth-order valence-electron chi connectivity index (χ4n) is 6.35. The molecule has 0 aromatic carbocycles. The summed E-state index contributed by atoms with van der Waals surface area (Å²) < 4.78 is 42.4. The lowest BCUT2D eigenvalue weighted by atomic mass is 9.46. The molecule has 2 aliphatic carbocycles. The molecule has 1 aliphatic heterocycles. The van der Waals surface area contributed by atoms with Crippen LogP contribution in [0, 0.1) is 22.7 Å². The molecule has 0 spiro atoms. The van der Waals surface area contributed by atoms with Crippen LogP contribution in [0.5, 0.6) is 0 Å². The SMILES string of the molecule is C=C1CCC2C(C)(CO)C(OS(=O)(=O)O)CCC2(C)C1CC(SCC(N)C(=O)O)C1=CCOC1=O. The fraction of sp³-hybridized carbons (Fsp3) is 0.739. The van der Waals surface area contributed by atoms with Crippen molar-refractivity contribution in [1.82, 2.24) is 0 Å². The molecule has 3 rings (SSSR count). The van der Waals surface area contributed by atoms with Gasteiger partial charge in [-0.05, 0) is 55.4 Å². The summed E-state index contributed by atoms with van der Waals surface area (Å²) in [4.78, 5) is 23.7. The van der Waals surface area contributed by atoms with Crippen LogP contribution in [-0.2, 0) is 28.9 Å². The number of carboxylic acids is 1. The Balaban J connectivity index is 1.91. The van der Waals surface area contributed by atoms with E-state index in [1.54, 1.807) is 13.0 Å². The van der Waals surface area contributed by atoms with Crippen LogP contribution in [0.15, 0.2) is 23.8 Å². The molecule has 12 heteroatoms. The molecule has 0 amide bonds. The van der Waals surface area contributed by atoms with Gasteiger partial charge in [0.2, 0.25) is 0 Å². The number of cyclic esters (lactones) is 1. The molecule has 2 saturated carbocycles. The smallest absolute Gasteiger partial charge is 0.397 e. The number of hydrogen-bond donors (Lipinski definition) is 4. The van der Waals surface area contributed by atoms with Gasteiger partial charge in [0.15, 0.2) is 0 Å². The van der Waals surface area contributed by atoms with Crippen LogP contribution in [0.4, 0.5) is 0 Å². The minimum absolute atomic E-state index is 0.0911. The standard InChI is InChI=1S/C23H35NO9S2/c1-13-4-5-18-22(2,8-6-19(23(18,3)12-25)33-35(29,30)31)15(13)10-17(14-7-9-32-21(14)28)34-11-16(24)20(26)27/h7,15-19,25H,1,4-6,8-12,24H2,2-3H3,(H,26,27)(H,29,30,31). The van der Waals surface area contributed by atoms with Crippen molar-refractivity contribution < 1.29 is 41.7 Å². The molecule has 7 atom stereocenters. The highest BCUT2D eigenvalue weighted by molar-refractivity contribution is 8.00. The second-order valence-electron chi connectivity index (χ2n) is 10.3. The maximum atomic E-state index is 12.4. The number of thioether (sulfide) groups is 1. The van der Waals surface area contributed by atoms with E-state index in [0.717, 1.165) is 5.57 Å². The Bertz CT molecular complexity index is 997. The summed E-state index contributed by atoms with van der Waals surface area (Å²) >= 11 is 1.30. The number of rotatable bonds is 10. The van der Waals surface area contributed by atoms with Crippen molar-refractivity contribution >= 4 is 34.1 Å². The van der Waals surface area contributed by atoms with Crippen LogP contribution in [0.1, 0.15) is 46.0 Å². The van der Waals surface area contributed by atoms with E-state index in [0.29, 0.717) is 37.7 Å². The molecule has 0 bridgehead atoms. The summed E-state index contributed by atoms with van der Waals surface area (Å²) in [5, 5.41) is 19.2. The molecule has 3 aliphatic rings. The molecule has 5 N–H and O–H groups in total. The van der Waals surface area contributed by atoms with Gasteiger partial charge in [-0.25, -0.2) is 8.98 Å². The molecule has 198 valence electrons. The predicted molar refractivity (Wildman–Crippen MR) is 130 cm³/mol. The van der Waals surface area contributed by atoms with Gasteiger partial charge in [-0.3, -0.25) is 9.35 Å². The van der Waals surface area contributed by atoms with Crippen molar-refractivity contribution in [1.29, 1.82) is 0 Å². The van der Waals surface area contributed by atoms with Crippen LogP contribution in [0.2, 0.25) is 0 Å². The zero-order valence-electron chi connectivity index (χ0n) is 20.0. The van der Waals surface area contributed by atoms with Crippen LogP contribution in [0.25, 0.3) is 0 Å². The molecule has 0 radical (unpaired) electrons. The number of nitrogens with two attached hydrogens (primary N) is 1. The lowest BCUT2D eigenvalue weighted by molar-refractivity contribution is -0.144. The third-order valence-electron chi connectivity index (χ3n) is 8.24. The lowest BCUT2D eigenvalue weighted by Gasteiger charge is -2.60. The Labute approximate surface area is 210 Å². The number of carbonyl (C=O) groups is 2. The van der Waals surface area contributed by atoms with Crippen molar-refractivity contribution in [3.8, 4) is 0 Å². The molecule has 2 fully saturated rings. The number of aliphatic hydroxyl groups excluding tert-OH is 1. The van der Waals surface area contributed by atoms with E-state index in [9.17, 15) is 32.8 Å². The first-order valence-corrected chi connectivity index (χ1v) is 14.1. The number of allylic oxidation sites excluding steroid dienone is 1. The van der Waals surface area contributed by atoms with Crippen LogP contribution in [-0.4, -0.2) is 71.5 Å². The van der Waals surface area contributed by atoms with Gasteiger partial charge in [0.05, 0.1) is 12.7 Å². The Morgan fingerprint density at radius 2 is 2.09 bits per heavy atom. The molecule has 1 heterocycles. The number of fused-ring (bicyclic) bond motifs is 1. The number of ether oxygens (including phenoxy) is 1. The largest absolute Gasteiger partial charge is 0.480 e. The maximum absolute atomic E-state index is 12.4. The average Bonchev–Trinajstić information content (AvgIpc) is 3.19. The molecule has 0 saturated heterocycles. The summed E-state index contributed by atoms with van der Waals surface area (Å²) in [7, 11) is -4.70. The Morgan fingerprint density at radius 1 is 1.40 bits per heavy atom. The van der Waals surface area contributed by atoms with Crippen molar-refractivity contribution in [2.45, 2.75) is 63.3 Å². The highest BCUT2D eigenvalue weighted by Crippen LogP contribution is 2.63. The minimum Gasteiger partial charge on any atom is -0.480 e. The number of hydrogen-bond acceptors (Lipinski definition) is 9. The van der Waals surface area contributed by atoms with Gasteiger partial charge in [-0.1, -0.05) is 26.0 Å². The summed E-state index contributed by atoms with van der Waals surface area (Å²) in [6.07, 6.45) is 3.52. The van der Waals surface area contributed by atoms with E-state index in [-0.39, 0.29) is 36.1 Å². The molecule has 7 unspecified atom stereocenters. The first-order chi connectivity index (χ1) is 16.2. The maximum Gasteiger partial charge on any atom is 0.397 e. The highest BCUT2D eigenvalue weighted by Gasteiger charge is 2.59. The van der Waals surface area contributed by atoms with Gasteiger partial charge in [-0.15, -0.1) is 0 Å². The second-order valence-corrected chi connectivity index (χ2v) is 12.6. The monoisotopic (exact) mass is 533 g/mol. The molecule has 0 aromatic rings. The molecule has 10 nitrogen and oxygen atoms in total. The molecular weight excluding hydrogens is 498 g/mol. The minimum atomic E-state index is -4.70. The number of aliphatic carboxylic acids is 1. The lowest BCUT2D eigenvalue weighted by Crippen LogP contribution is -2.58. The Hall–Kier alpha value is -1.44. The summed E-state index contributed by atoms with van der Waals surface area (Å²) in [5.74, 6) is -1.67. The second kappa shape index (κ2) is 10.5. The Morgan fingerprint density at radius 3 is 2.63 bits per heavy atom. The summed E-state index contributed by atoms with van der Waals surface area (Å²) in [6, 6.07) is -1.08. The van der Waals surface area contributed by atoms with Gasteiger partial charge in [-0.2, -0.15) is 20.2 Å². The number of aliphatic hydroxyl groups is 1. The molecular formula is C23H35NO9S2. The third kappa shape index (κ3) is 5.78. The number of esters is 1. The predicted octanol–water partition coefficient (Wildman–Crippen LogP) is 1.94. The quantitative estimate of drug-likeness (QED) is 0.183. The number of carboxylic acid groups (broad SMARTS) is 1. The normalized spacial score (nSPS) is 35.1. The molecule has 35 heavy (non-hydrogen) atoms. The van der Waals surface area contributed by atoms with Crippen LogP contribution < -0.4 is 5.73 Å². The van der Waals surface area contributed by atoms with E-state index < -0.39 is 45.3 Å². The topological polar surface area (TPSA) is 173 Å². The van der Waals surface area contributed by atoms with Gasteiger partial charge in [0.25, 0.3) is 0 Å². The third-order valence-corrected chi connectivity index (χ3v) is 10.1. The van der Waals surface area contributed by atoms with Crippen molar-refractivity contribution in [2.75, 3.05) is 19.0 Å². The van der Waals surface area contributed by atoms with Crippen molar-refractivity contribution in [3.63, 3.8) is 0 Å². The zero-order valence-corrected chi connectivity index (χ0v) is 21.6. The summed E-state index contributed by atoms with van der Waals surface area (Å²) in [5.41, 5.74) is 5.88. The van der Waals surface area contributed by atoms with Gasteiger partial charge >= 0.3 is 22.3 Å². The fourth-order valence-corrected chi connectivity index (χ4v) is 8.24. The highest BCUT2D eigenvalue weighted by atomic mass is 32.3. The van der Waals surface area contributed by atoms with E-state index >= 15 is 0 Å². The molecule has 0 aromatic heterocycles. The van der Waals surface area contributed by atoms with Crippen LogP contribution >= 0.6 is 11.8 Å².